The highest BCUT2D eigenvalue weighted by molar-refractivity contribution is 5.83. The Morgan fingerprint density at radius 2 is 2.06 bits per heavy atom. The fourth-order valence-corrected chi connectivity index (χ4v) is 2.02. The van der Waals surface area contributed by atoms with Crippen molar-refractivity contribution < 1.29 is 0 Å². The fourth-order valence-electron chi connectivity index (χ4n) is 2.02. The van der Waals surface area contributed by atoms with Crippen LogP contribution in [-0.4, -0.2) is 24.6 Å². The van der Waals surface area contributed by atoms with Crippen molar-refractivity contribution in [2.45, 2.75) is 19.9 Å². The number of aryl methyl sites for hydroxylation is 1. The van der Waals surface area contributed by atoms with Gasteiger partial charge in [-0.2, -0.15) is 0 Å². The van der Waals surface area contributed by atoms with E-state index in [2.05, 4.69) is 36.1 Å². The van der Waals surface area contributed by atoms with Crippen LogP contribution in [0.2, 0.25) is 0 Å². The number of fused-ring (bicyclic) bond motifs is 1. The standard InChI is InChI=1S/C14H19N3/c1-10-5-4-6-12-7-8-13(16-14(10)12)17(3)9-11(2)15/h4-8,11H,9,15H2,1-3H3. The first-order chi connectivity index (χ1) is 8.08. The lowest BCUT2D eigenvalue weighted by molar-refractivity contribution is 0.713. The highest BCUT2D eigenvalue weighted by Gasteiger charge is 2.06. The lowest BCUT2D eigenvalue weighted by atomic mass is 10.1. The average molecular weight is 229 g/mol. The Kier molecular flexibility index (Phi) is 3.29. The minimum atomic E-state index is 0.148. The van der Waals surface area contributed by atoms with Gasteiger partial charge in [0.2, 0.25) is 0 Å². The number of aromatic nitrogens is 1. The van der Waals surface area contributed by atoms with Crippen LogP contribution in [0.4, 0.5) is 5.82 Å². The molecule has 1 aromatic carbocycles. The number of pyridine rings is 1. The third-order valence-corrected chi connectivity index (χ3v) is 2.86. The number of hydrogen-bond donors (Lipinski definition) is 1. The summed E-state index contributed by atoms with van der Waals surface area (Å²) in [5, 5.41) is 1.18. The number of rotatable bonds is 3. The van der Waals surface area contributed by atoms with Crippen molar-refractivity contribution in [3.63, 3.8) is 0 Å². The SMILES string of the molecule is Cc1cccc2ccc(N(C)CC(C)N)nc12. The van der Waals surface area contributed by atoms with Gasteiger partial charge in [0.15, 0.2) is 0 Å². The van der Waals surface area contributed by atoms with Crippen LogP contribution < -0.4 is 10.6 Å². The van der Waals surface area contributed by atoms with E-state index < -0.39 is 0 Å². The van der Waals surface area contributed by atoms with Gasteiger partial charge in [-0.15, -0.1) is 0 Å². The first-order valence-electron chi connectivity index (χ1n) is 5.91. The van der Waals surface area contributed by atoms with Crippen molar-refractivity contribution >= 4 is 16.7 Å². The molecule has 3 nitrogen and oxygen atoms in total. The topological polar surface area (TPSA) is 42.1 Å². The maximum Gasteiger partial charge on any atom is 0.129 e. The van der Waals surface area contributed by atoms with Gasteiger partial charge in [-0.05, 0) is 31.5 Å². The molecule has 0 aliphatic carbocycles. The van der Waals surface area contributed by atoms with Crippen LogP contribution in [0.15, 0.2) is 30.3 Å². The number of benzene rings is 1. The van der Waals surface area contributed by atoms with Gasteiger partial charge in [0.1, 0.15) is 5.82 Å². The number of nitrogens with two attached hydrogens (primary N) is 1. The molecule has 0 spiro atoms. The Bertz CT molecular complexity index is 520. The lowest BCUT2D eigenvalue weighted by Gasteiger charge is -2.20. The Hall–Kier alpha value is -1.61. The van der Waals surface area contributed by atoms with Gasteiger partial charge < -0.3 is 10.6 Å². The first kappa shape index (κ1) is 11.9. The normalized spacial score (nSPS) is 12.7. The summed E-state index contributed by atoms with van der Waals surface area (Å²) in [6, 6.07) is 10.5. The minimum absolute atomic E-state index is 0.148. The second-order valence-electron chi connectivity index (χ2n) is 4.67. The van der Waals surface area contributed by atoms with Crippen molar-refractivity contribution in [2.24, 2.45) is 5.73 Å². The van der Waals surface area contributed by atoms with Crippen LogP contribution in [0.25, 0.3) is 10.9 Å². The molecular formula is C14H19N3. The zero-order chi connectivity index (χ0) is 12.4. The second-order valence-corrected chi connectivity index (χ2v) is 4.67. The molecule has 1 atom stereocenters. The van der Waals surface area contributed by atoms with Crippen molar-refractivity contribution in [3.8, 4) is 0 Å². The summed E-state index contributed by atoms with van der Waals surface area (Å²) in [5.74, 6) is 0.976. The predicted octanol–water partition coefficient (Wildman–Crippen LogP) is 2.33. The summed E-state index contributed by atoms with van der Waals surface area (Å²) in [4.78, 5) is 6.79. The molecule has 0 bridgehead atoms. The van der Waals surface area contributed by atoms with E-state index in [1.54, 1.807) is 0 Å². The molecule has 0 amide bonds. The van der Waals surface area contributed by atoms with Gasteiger partial charge in [-0.1, -0.05) is 18.2 Å². The molecule has 17 heavy (non-hydrogen) atoms. The van der Waals surface area contributed by atoms with E-state index >= 15 is 0 Å². The van der Waals surface area contributed by atoms with Gasteiger partial charge in [0.05, 0.1) is 5.52 Å². The quantitative estimate of drug-likeness (QED) is 0.878. The summed E-state index contributed by atoms with van der Waals surface area (Å²) in [6.45, 7) is 4.90. The summed E-state index contributed by atoms with van der Waals surface area (Å²) in [7, 11) is 2.02. The monoisotopic (exact) mass is 229 g/mol. The number of anilines is 1. The highest BCUT2D eigenvalue weighted by atomic mass is 15.2. The molecule has 2 aromatic rings. The van der Waals surface area contributed by atoms with Crippen molar-refractivity contribution in [1.29, 1.82) is 0 Å². The van der Waals surface area contributed by atoms with E-state index in [0.717, 1.165) is 17.9 Å². The van der Waals surface area contributed by atoms with Crippen LogP contribution in [0.5, 0.6) is 0 Å². The molecule has 2 N–H and O–H groups in total. The molecule has 1 heterocycles. The molecule has 3 heteroatoms. The van der Waals surface area contributed by atoms with Gasteiger partial charge in [0, 0.05) is 25.0 Å². The summed E-state index contributed by atoms with van der Waals surface area (Å²) in [5.41, 5.74) is 8.08. The molecule has 0 radical (unpaired) electrons. The predicted molar refractivity (Wildman–Crippen MR) is 73.4 cm³/mol. The third kappa shape index (κ3) is 2.56. The Morgan fingerprint density at radius 3 is 2.76 bits per heavy atom. The van der Waals surface area contributed by atoms with Crippen molar-refractivity contribution in [1.82, 2.24) is 4.98 Å². The Balaban J connectivity index is 2.40. The number of nitrogens with zero attached hydrogens (tertiary/aromatic N) is 2. The maximum absolute atomic E-state index is 5.80. The maximum atomic E-state index is 5.80. The van der Waals surface area contributed by atoms with Crippen LogP contribution in [0.1, 0.15) is 12.5 Å². The molecule has 0 fully saturated rings. The zero-order valence-corrected chi connectivity index (χ0v) is 10.6. The molecule has 0 aliphatic rings. The van der Waals surface area contributed by atoms with Crippen LogP contribution in [0.3, 0.4) is 0 Å². The largest absolute Gasteiger partial charge is 0.358 e. The van der Waals surface area contributed by atoms with Gasteiger partial charge >= 0.3 is 0 Å². The second kappa shape index (κ2) is 4.72. The highest BCUT2D eigenvalue weighted by Crippen LogP contribution is 2.20. The van der Waals surface area contributed by atoms with Gasteiger partial charge in [0.25, 0.3) is 0 Å². The molecule has 0 saturated heterocycles. The van der Waals surface area contributed by atoms with Gasteiger partial charge in [-0.25, -0.2) is 4.98 Å². The molecule has 90 valence electrons. The van der Waals surface area contributed by atoms with E-state index in [9.17, 15) is 0 Å². The van der Waals surface area contributed by atoms with E-state index in [0.29, 0.717) is 0 Å². The average Bonchev–Trinajstić information content (AvgIpc) is 2.28. The minimum Gasteiger partial charge on any atom is -0.358 e. The first-order valence-corrected chi connectivity index (χ1v) is 5.91. The van der Waals surface area contributed by atoms with E-state index in [-0.39, 0.29) is 6.04 Å². The third-order valence-electron chi connectivity index (χ3n) is 2.86. The van der Waals surface area contributed by atoms with Crippen LogP contribution in [0, 0.1) is 6.92 Å². The van der Waals surface area contributed by atoms with E-state index in [1.807, 2.05) is 20.0 Å². The zero-order valence-electron chi connectivity index (χ0n) is 10.6. The van der Waals surface area contributed by atoms with Crippen LogP contribution in [-0.2, 0) is 0 Å². The summed E-state index contributed by atoms with van der Waals surface area (Å²) >= 11 is 0. The van der Waals surface area contributed by atoms with E-state index in [1.165, 1.54) is 10.9 Å². The van der Waals surface area contributed by atoms with Crippen molar-refractivity contribution in [3.05, 3.63) is 35.9 Å². The molecule has 2 rings (SSSR count). The number of hydrogen-bond acceptors (Lipinski definition) is 3. The number of para-hydroxylation sites is 1. The van der Waals surface area contributed by atoms with Gasteiger partial charge in [-0.3, -0.25) is 0 Å². The van der Waals surface area contributed by atoms with E-state index in [4.69, 9.17) is 10.7 Å². The lowest BCUT2D eigenvalue weighted by Crippen LogP contribution is -2.33. The number of likely N-dealkylation sites (N-methyl/N-ethyl adjacent to an activating group) is 1. The molecular weight excluding hydrogens is 210 g/mol. The Labute approximate surface area is 102 Å². The van der Waals surface area contributed by atoms with Crippen molar-refractivity contribution in [2.75, 3.05) is 18.5 Å². The fraction of sp³-hybridized carbons (Fsp3) is 0.357. The molecule has 1 unspecified atom stereocenters. The molecule has 0 saturated carbocycles. The summed E-state index contributed by atoms with van der Waals surface area (Å²) < 4.78 is 0. The summed E-state index contributed by atoms with van der Waals surface area (Å²) in [6.07, 6.45) is 0. The Morgan fingerprint density at radius 1 is 1.29 bits per heavy atom. The smallest absolute Gasteiger partial charge is 0.129 e. The van der Waals surface area contributed by atoms with Crippen LogP contribution >= 0.6 is 0 Å². The molecule has 0 aliphatic heterocycles. The molecule has 1 aromatic heterocycles.